The van der Waals surface area contributed by atoms with Gasteiger partial charge in [-0.25, -0.2) is 0 Å². The van der Waals surface area contributed by atoms with Crippen molar-refractivity contribution >= 4 is 0 Å². The topological polar surface area (TPSA) is 47.6 Å². The average molecular weight is 160 g/mol. The van der Waals surface area contributed by atoms with Crippen LogP contribution in [-0.4, -0.2) is 0 Å². The Morgan fingerprint density at radius 3 is 2.25 bits per heavy atom. The van der Waals surface area contributed by atoms with Gasteiger partial charge in [0.25, 0.3) is 0 Å². The highest BCUT2D eigenvalue weighted by atomic mass is 14.4. The molecule has 0 heterocycles. The Kier molecular flexibility index (Phi) is 2.88. The highest BCUT2D eigenvalue weighted by molar-refractivity contribution is 5.42. The molecule has 0 aromatic carbocycles. The number of rotatable bonds is 3. The zero-order valence-electron chi connectivity index (χ0n) is 7.30. The monoisotopic (exact) mass is 160 g/mol. The number of nitriles is 2. The molecule has 0 amide bonds. The minimum absolute atomic E-state index is 0.361. The number of allylic oxidation sites excluding steroid dienone is 2. The molecule has 1 saturated carbocycles. The van der Waals surface area contributed by atoms with Crippen molar-refractivity contribution in [1.82, 2.24) is 0 Å². The van der Waals surface area contributed by atoms with Crippen LogP contribution in [0.4, 0.5) is 0 Å². The molecule has 0 radical (unpaired) electrons. The van der Waals surface area contributed by atoms with Gasteiger partial charge in [-0.3, -0.25) is 0 Å². The average Bonchev–Trinajstić information content (AvgIpc) is 2.88. The second-order valence-electron chi connectivity index (χ2n) is 3.15. The smallest absolute Gasteiger partial charge is 0.129 e. The minimum atomic E-state index is 0.361. The Morgan fingerprint density at radius 2 is 1.92 bits per heavy atom. The van der Waals surface area contributed by atoms with Gasteiger partial charge in [-0.2, -0.15) is 10.5 Å². The third-order valence-corrected chi connectivity index (χ3v) is 2.13. The van der Waals surface area contributed by atoms with Crippen molar-refractivity contribution in [2.45, 2.75) is 32.6 Å². The molecule has 12 heavy (non-hydrogen) atoms. The van der Waals surface area contributed by atoms with Gasteiger partial charge in [-0.05, 0) is 30.8 Å². The van der Waals surface area contributed by atoms with Gasteiger partial charge < -0.3 is 0 Å². The highest BCUT2D eigenvalue weighted by Crippen LogP contribution is 2.39. The van der Waals surface area contributed by atoms with E-state index in [9.17, 15) is 0 Å². The van der Waals surface area contributed by atoms with Crippen LogP contribution in [0.1, 0.15) is 32.6 Å². The summed E-state index contributed by atoms with van der Waals surface area (Å²) in [5, 5.41) is 17.3. The van der Waals surface area contributed by atoms with E-state index in [0.29, 0.717) is 11.5 Å². The molecule has 0 aromatic heterocycles. The molecule has 1 aliphatic rings. The maximum absolute atomic E-state index is 8.67. The van der Waals surface area contributed by atoms with Crippen molar-refractivity contribution < 1.29 is 0 Å². The first kappa shape index (κ1) is 8.81. The van der Waals surface area contributed by atoms with Crippen molar-refractivity contribution in [2.24, 2.45) is 5.92 Å². The summed E-state index contributed by atoms with van der Waals surface area (Å²) in [4.78, 5) is 0. The molecule has 62 valence electrons. The summed E-state index contributed by atoms with van der Waals surface area (Å²) < 4.78 is 0. The lowest BCUT2D eigenvalue weighted by atomic mass is 10.0. The van der Waals surface area contributed by atoms with Crippen molar-refractivity contribution in [3.05, 3.63) is 11.1 Å². The lowest BCUT2D eigenvalue weighted by Crippen LogP contribution is -1.90. The number of hydrogen-bond donors (Lipinski definition) is 0. The molecule has 2 nitrogen and oxygen atoms in total. The Hall–Kier alpha value is -1.28. The zero-order valence-corrected chi connectivity index (χ0v) is 7.30. The first-order valence-electron chi connectivity index (χ1n) is 4.36. The van der Waals surface area contributed by atoms with E-state index in [0.717, 1.165) is 18.4 Å². The van der Waals surface area contributed by atoms with E-state index in [-0.39, 0.29) is 0 Å². The molecule has 1 rings (SSSR count). The number of nitrogens with zero attached hydrogens (tertiary/aromatic N) is 2. The summed E-state index contributed by atoms with van der Waals surface area (Å²) in [6.07, 6.45) is 4.28. The van der Waals surface area contributed by atoms with E-state index in [1.165, 1.54) is 12.8 Å². The van der Waals surface area contributed by atoms with E-state index in [4.69, 9.17) is 10.5 Å². The lowest BCUT2D eigenvalue weighted by molar-refractivity contribution is 0.817. The van der Waals surface area contributed by atoms with Gasteiger partial charge in [0, 0.05) is 0 Å². The Labute approximate surface area is 73.1 Å². The molecule has 0 N–H and O–H groups in total. The summed E-state index contributed by atoms with van der Waals surface area (Å²) in [6, 6.07) is 3.95. The molecular weight excluding hydrogens is 148 g/mol. The minimum Gasteiger partial charge on any atom is -0.192 e. The molecule has 1 fully saturated rings. The largest absolute Gasteiger partial charge is 0.192 e. The van der Waals surface area contributed by atoms with E-state index >= 15 is 0 Å². The van der Waals surface area contributed by atoms with Crippen molar-refractivity contribution in [1.29, 1.82) is 10.5 Å². The van der Waals surface area contributed by atoms with Gasteiger partial charge in [0.2, 0.25) is 0 Å². The van der Waals surface area contributed by atoms with Gasteiger partial charge in [0.05, 0.1) is 0 Å². The van der Waals surface area contributed by atoms with Gasteiger partial charge in [-0.15, -0.1) is 0 Å². The van der Waals surface area contributed by atoms with Crippen LogP contribution in [-0.2, 0) is 0 Å². The lowest BCUT2D eigenvalue weighted by Gasteiger charge is -2.01. The Bertz CT molecular complexity index is 255. The molecule has 0 atom stereocenters. The molecule has 2 heteroatoms. The second kappa shape index (κ2) is 3.93. The van der Waals surface area contributed by atoms with Crippen molar-refractivity contribution in [3.63, 3.8) is 0 Å². The first-order chi connectivity index (χ1) is 5.83. The van der Waals surface area contributed by atoms with E-state index in [1.807, 2.05) is 12.1 Å². The second-order valence-corrected chi connectivity index (χ2v) is 3.15. The van der Waals surface area contributed by atoms with Crippen LogP contribution in [0.5, 0.6) is 0 Å². The summed E-state index contributed by atoms with van der Waals surface area (Å²) in [5.41, 5.74) is 1.46. The summed E-state index contributed by atoms with van der Waals surface area (Å²) in [6.45, 7) is 2.08. The fourth-order valence-electron chi connectivity index (χ4n) is 1.40. The van der Waals surface area contributed by atoms with Gasteiger partial charge in [0.15, 0.2) is 0 Å². The van der Waals surface area contributed by atoms with Gasteiger partial charge >= 0.3 is 0 Å². The predicted molar refractivity (Wildman–Crippen MR) is 45.9 cm³/mol. The third-order valence-electron chi connectivity index (χ3n) is 2.13. The fraction of sp³-hybridized carbons (Fsp3) is 0.600. The molecule has 0 aliphatic heterocycles. The SMILES string of the molecule is CCCC(=C(C#N)C#N)C1CC1. The zero-order chi connectivity index (χ0) is 8.97. The van der Waals surface area contributed by atoms with Crippen LogP contribution in [0, 0.1) is 28.6 Å². The van der Waals surface area contributed by atoms with Gasteiger partial charge in [0.1, 0.15) is 17.7 Å². The van der Waals surface area contributed by atoms with Crippen LogP contribution in [0.15, 0.2) is 11.1 Å². The summed E-state index contributed by atoms with van der Waals surface area (Å²) in [7, 11) is 0. The van der Waals surface area contributed by atoms with Crippen molar-refractivity contribution in [2.75, 3.05) is 0 Å². The van der Waals surface area contributed by atoms with Crippen molar-refractivity contribution in [3.8, 4) is 12.1 Å². The molecular formula is C10H12N2. The van der Waals surface area contributed by atoms with Crippen LogP contribution in [0.3, 0.4) is 0 Å². The van der Waals surface area contributed by atoms with Crippen LogP contribution >= 0.6 is 0 Å². The Morgan fingerprint density at radius 1 is 1.33 bits per heavy atom. The predicted octanol–water partition coefficient (Wildman–Crippen LogP) is 2.54. The summed E-state index contributed by atoms with van der Waals surface area (Å²) in [5.74, 6) is 0.555. The van der Waals surface area contributed by atoms with Crippen LogP contribution < -0.4 is 0 Å². The van der Waals surface area contributed by atoms with E-state index in [1.54, 1.807) is 0 Å². The molecule has 0 spiro atoms. The normalized spacial score (nSPS) is 14.6. The molecule has 0 aromatic rings. The van der Waals surface area contributed by atoms with E-state index < -0.39 is 0 Å². The molecule has 0 saturated heterocycles. The maximum atomic E-state index is 8.67. The van der Waals surface area contributed by atoms with Gasteiger partial charge in [-0.1, -0.05) is 13.3 Å². The summed E-state index contributed by atoms with van der Waals surface area (Å²) >= 11 is 0. The standard InChI is InChI=1S/C10H12N2/c1-2-3-10(8-4-5-8)9(6-11)7-12/h8H,2-5H2,1H3. The molecule has 0 unspecified atom stereocenters. The third kappa shape index (κ3) is 1.86. The first-order valence-corrected chi connectivity index (χ1v) is 4.36. The van der Waals surface area contributed by atoms with Crippen LogP contribution in [0.25, 0.3) is 0 Å². The highest BCUT2D eigenvalue weighted by Gasteiger charge is 2.27. The number of hydrogen-bond acceptors (Lipinski definition) is 2. The fourth-order valence-corrected chi connectivity index (χ4v) is 1.40. The van der Waals surface area contributed by atoms with E-state index in [2.05, 4.69) is 6.92 Å². The molecule has 1 aliphatic carbocycles. The molecule has 0 bridgehead atoms. The van der Waals surface area contributed by atoms with Crippen LogP contribution in [0.2, 0.25) is 0 Å². The Balaban J connectivity index is 2.82. The quantitative estimate of drug-likeness (QED) is 0.595. The maximum Gasteiger partial charge on any atom is 0.129 e.